The van der Waals surface area contributed by atoms with Gasteiger partial charge in [0, 0.05) is 18.4 Å². The molecule has 20 heavy (non-hydrogen) atoms. The van der Waals surface area contributed by atoms with Gasteiger partial charge in [-0.05, 0) is 18.2 Å². The maximum Gasteiger partial charge on any atom is 0.254 e. The lowest BCUT2D eigenvalue weighted by molar-refractivity contribution is -0.0184. The summed E-state index contributed by atoms with van der Waals surface area (Å²) >= 11 is 0. The first-order chi connectivity index (χ1) is 9.43. The van der Waals surface area contributed by atoms with Gasteiger partial charge >= 0.3 is 0 Å². The second-order valence-electron chi connectivity index (χ2n) is 4.71. The minimum absolute atomic E-state index is 0.108. The van der Waals surface area contributed by atoms with Gasteiger partial charge in [0.25, 0.3) is 5.91 Å². The maximum atomic E-state index is 12.4. The molecule has 1 N–H and O–H groups in total. The molecule has 0 aromatic heterocycles. The Labute approximate surface area is 117 Å². The van der Waals surface area contributed by atoms with Crippen molar-refractivity contribution in [2.75, 3.05) is 32.6 Å². The van der Waals surface area contributed by atoms with E-state index < -0.39 is 15.9 Å². The Morgan fingerprint density at radius 1 is 1.50 bits per heavy atom. The second kappa shape index (κ2) is 5.90. The van der Waals surface area contributed by atoms with Crippen LogP contribution in [0.15, 0.2) is 29.2 Å². The summed E-state index contributed by atoms with van der Waals surface area (Å²) in [4.78, 5) is 14.0. The molecule has 6 nitrogen and oxygen atoms in total. The number of carbonyl (C=O) groups excluding carboxylic acids is 1. The Kier molecular flexibility index (Phi) is 4.42. The molecule has 110 valence electrons. The van der Waals surface area contributed by atoms with E-state index in [-0.39, 0.29) is 24.0 Å². The highest BCUT2D eigenvalue weighted by Crippen LogP contribution is 2.16. The Hall–Kier alpha value is -1.44. The van der Waals surface area contributed by atoms with Crippen molar-refractivity contribution < 1.29 is 23.1 Å². The summed E-state index contributed by atoms with van der Waals surface area (Å²) in [7, 11) is -3.35. The van der Waals surface area contributed by atoms with Crippen molar-refractivity contribution in [1.29, 1.82) is 0 Å². The number of carbonyl (C=O) groups is 1. The minimum atomic E-state index is -3.35. The molecule has 1 aliphatic rings. The lowest BCUT2D eigenvalue weighted by atomic mass is 10.1. The largest absolute Gasteiger partial charge is 0.394 e. The average Bonchev–Trinajstić information content (AvgIpc) is 2.45. The van der Waals surface area contributed by atoms with Crippen LogP contribution in [0.4, 0.5) is 0 Å². The first-order valence-electron chi connectivity index (χ1n) is 6.23. The van der Waals surface area contributed by atoms with Crippen LogP contribution in [0.25, 0.3) is 0 Å². The van der Waals surface area contributed by atoms with Gasteiger partial charge in [0.15, 0.2) is 9.84 Å². The van der Waals surface area contributed by atoms with E-state index >= 15 is 0 Å². The van der Waals surface area contributed by atoms with Crippen molar-refractivity contribution in [2.24, 2.45) is 0 Å². The van der Waals surface area contributed by atoms with Crippen LogP contribution in [0.2, 0.25) is 0 Å². The molecule has 1 aliphatic heterocycles. The number of hydrogen-bond acceptors (Lipinski definition) is 5. The third kappa shape index (κ3) is 3.17. The van der Waals surface area contributed by atoms with Crippen LogP contribution in [0, 0.1) is 0 Å². The minimum Gasteiger partial charge on any atom is -0.394 e. The fourth-order valence-corrected chi connectivity index (χ4v) is 2.77. The number of aliphatic hydroxyl groups excluding tert-OH is 1. The summed E-state index contributed by atoms with van der Waals surface area (Å²) < 4.78 is 28.3. The SMILES string of the molecule is CS(=O)(=O)c1cccc(C(=O)N2CCOCC2CO)c1. The summed E-state index contributed by atoms with van der Waals surface area (Å²) in [6.45, 7) is 0.896. The summed E-state index contributed by atoms with van der Waals surface area (Å²) in [5, 5.41) is 9.27. The molecule has 0 spiro atoms. The molecule has 1 amide bonds. The van der Waals surface area contributed by atoms with Crippen molar-refractivity contribution in [3.05, 3.63) is 29.8 Å². The molecule has 1 aromatic carbocycles. The Bertz CT molecular complexity index is 599. The molecule has 0 bridgehead atoms. The third-order valence-electron chi connectivity index (χ3n) is 3.21. The zero-order chi connectivity index (χ0) is 14.8. The first kappa shape index (κ1) is 15.0. The number of sulfone groups is 1. The van der Waals surface area contributed by atoms with Crippen molar-refractivity contribution in [3.8, 4) is 0 Å². The Morgan fingerprint density at radius 3 is 2.90 bits per heavy atom. The van der Waals surface area contributed by atoms with Crippen LogP contribution in [-0.4, -0.2) is 63.0 Å². The number of rotatable bonds is 3. The predicted octanol–water partition coefficient (Wildman–Crippen LogP) is -0.0766. The highest BCUT2D eigenvalue weighted by atomic mass is 32.2. The fraction of sp³-hybridized carbons (Fsp3) is 0.462. The van der Waals surface area contributed by atoms with E-state index in [1.165, 1.54) is 23.1 Å². The number of ether oxygens (including phenoxy) is 1. The van der Waals surface area contributed by atoms with Crippen LogP contribution in [0.5, 0.6) is 0 Å². The van der Waals surface area contributed by atoms with E-state index in [0.717, 1.165) is 6.26 Å². The molecule has 1 atom stereocenters. The first-order valence-corrected chi connectivity index (χ1v) is 8.12. The molecule has 0 saturated carbocycles. The highest BCUT2D eigenvalue weighted by Gasteiger charge is 2.27. The molecule has 1 heterocycles. The summed E-state index contributed by atoms with van der Waals surface area (Å²) in [5.74, 6) is -0.294. The summed E-state index contributed by atoms with van der Waals surface area (Å²) in [5.41, 5.74) is 0.299. The topological polar surface area (TPSA) is 83.9 Å². The molecule has 0 radical (unpaired) electrons. The quantitative estimate of drug-likeness (QED) is 0.844. The summed E-state index contributed by atoms with van der Waals surface area (Å²) in [6.07, 6.45) is 1.10. The van der Waals surface area contributed by atoms with E-state index in [4.69, 9.17) is 4.74 Å². The van der Waals surface area contributed by atoms with Gasteiger partial charge in [0.1, 0.15) is 0 Å². The third-order valence-corrected chi connectivity index (χ3v) is 4.32. The van der Waals surface area contributed by atoms with Gasteiger partial charge in [0.05, 0.1) is 30.8 Å². The number of morpholine rings is 1. The van der Waals surface area contributed by atoms with Crippen LogP contribution < -0.4 is 0 Å². The van der Waals surface area contributed by atoms with Gasteiger partial charge in [-0.3, -0.25) is 4.79 Å². The zero-order valence-electron chi connectivity index (χ0n) is 11.2. The molecule has 2 rings (SSSR count). The van der Waals surface area contributed by atoms with E-state index in [0.29, 0.717) is 18.7 Å². The molecular weight excluding hydrogens is 282 g/mol. The van der Waals surface area contributed by atoms with E-state index in [1.54, 1.807) is 6.07 Å². The second-order valence-corrected chi connectivity index (χ2v) is 6.73. The number of amides is 1. The molecule has 7 heteroatoms. The number of hydrogen-bond donors (Lipinski definition) is 1. The lowest BCUT2D eigenvalue weighted by Gasteiger charge is -2.34. The van der Waals surface area contributed by atoms with Gasteiger partial charge in [-0.1, -0.05) is 6.07 Å². The highest BCUT2D eigenvalue weighted by molar-refractivity contribution is 7.90. The monoisotopic (exact) mass is 299 g/mol. The number of benzene rings is 1. The standard InChI is InChI=1S/C13H17NO5S/c1-20(17,18)12-4-2-3-10(7-12)13(16)14-5-6-19-9-11(14)8-15/h2-4,7,11,15H,5-6,8-9H2,1H3. The molecule has 1 aromatic rings. The molecular formula is C13H17NO5S. The Balaban J connectivity index is 2.29. The molecule has 1 saturated heterocycles. The predicted molar refractivity (Wildman–Crippen MR) is 72.3 cm³/mol. The fourth-order valence-electron chi connectivity index (χ4n) is 2.10. The van der Waals surface area contributed by atoms with Crippen molar-refractivity contribution in [1.82, 2.24) is 4.90 Å². The summed E-state index contributed by atoms with van der Waals surface area (Å²) in [6, 6.07) is 5.54. The van der Waals surface area contributed by atoms with Gasteiger partial charge in [-0.2, -0.15) is 0 Å². The normalized spacial score (nSPS) is 19.9. The van der Waals surface area contributed by atoms with Gasteiger partial charge in [0.2, 0.25) is 0 Å². The van der Waals surface area contributed by atoms with Crippen LogP contribution in [0.3, 0.4) is 0 Å². The van der Waals surface area contributed by atoms with Gasteiger partial charge in [-0.25, -0.2) is 8.42 Å². The van der Waals surface area contributed by atoms with Crippen LogP contribution in [0.1, 0.15) is 10.4 Å². The van der Waals surface area contributed by atoms with Crippen molar-refractivity contribution in [3.63, 3.8) is 0 Å². The van der Waals surface area contributed by atoms with Gasteiger partial charge in [-0.15, -0.1) is 0 Å². The van der Waals surface area contributed by atoms with E-state index in [2.05, 4.69) is 0 Å². The number of aliphatic hydroxyl groups is 1. The average molecular weight is 299 g/mol. The maximum absolute atomic E-state index is 12.4. The number of nitrogens with zero attached hydrogens (tertiary/aromatic N) is 1. The van der Waals surface area contributed by atoms with Crippen LogP contribution >= 0.6 is 0 Å². The zero-order valence-corrected chi connectivity index (χ0v) is 12.0. The van der Waals surface area contributed by atoms with Gasteiger partial charge < -0.3 is 14.7 Å². The Morgan fingerprint density at radius 2 is 2.25 bits per heavy atom. The van der Waals surface area contributed by atoms with E-state index in [1.807, 2.05) is 0 Å². The lowest BCUT2D eigenvalue weighted by Crippen LogP contribution is -2.50. The van der Waals surface area contributed by atoms with Crippen molar-refractivity contribution in [2.45, 2.75) is 10.9 Å². The molecule has 1 fully saturated rings. The molecule has 1 unspecified atom stereocenters. The van der Waals surface area contributed by atoms with Crippen molar-refractivity contribution >= 4 is 15.7 Å². The van der Waals surface area contributed by atoms with Crippen LogP contribution in [-0.2, 0) is 14.6 Å². The molecule has 0 aliphatic carbocycles. The smallest absolute Gasteiger partial charge is 0.254 e. The van der Waals surface area contributed by atoms with E-state index in [9.17, 15) is 18.3 Å².